The zero-order valence-corrected chi connectivity index (χ0v) is 17.6. The highest BCUT2D eigenvalue weighted by atomic mass is 32.2. The van der Waals surface area contributed by atoms with Crippen molar-refractivity contribution in [2.45, 2.75) is 4.90 Å². The van der Waals surface area contributed by atoms with Crippen LogP contribution in [0.15, 0.2) is 41.3 Å². The Bertz CT molecular complexity index is 1060. The van der Waals surface area contributed by atoms with Crippen molar-refractivity contribution in [1.82, 2.24) is 4.31 Å². The van der Waals surface area contributed by atoms with Crippen LogP contribution in [0.25, 0.3) is 0 Å². The van der Waals surface area contributed by atoms with Crippen molar-refractivity contribution < 1.29 is 32.3 Å². The summed E-state index contributed by atoms with van der Waals surface area (Å²) in [5.74, 6) is 0.0621. The highest BCUT2D eigenvalue weighted by Gasteiger charge is 2.25. The molecule has 1 amide bonds. The number of methoxy groups -OCH3 is 3. The fourth-order valence-corrected chi connectivity index (χ4v) is 3.68. The first-order valence-electron chi connectivity index (χ1n) is 8.44. The molecule has 0 aromatic heterocycles. The van der Waals surface area contributed by atoms with Gasteiger partial charge in [0.25, 0.3) is 5.69 Å². The van der Waals surface area contributed by atoms with Gasteiger partial charge in [0, 0.05) is 25.2 Å². The normalized spacial score (nSPS) is 11.1. The Labute approximate surface area is 173 Å². The summed E-state index contributed by atoms with van der Waals surface area (Å²) in [6.45, 7) is -0.539. The molecule has 0 unspecified atom stereocenters. The van der Waals surface area contributed by atoms with Crippen LogP contribution in [0.4, 0.5) is 11.4 Å². The van der Waals surface area contributed by atoms with Gasteiger partial charge in [-0.05, 0) is 18.2 Å². The van der Waals surface area contributed by atoms with E-state index in [9.17, 15) is 23.3 Å². The van der Waals surface area contributed by atoms with Gasteiger partial charge in [0.1, 0.15) is 5.75 Å². The van der Waals surface area contributed by atoms with Crippen LogP contribution in [0.3, 0.4) is 0 Å². The Morgan fingerprint density at radius 2 is 1.63 bits per heavy atom. The molecule has 0 aliphatic carbocycles. The van der Waals surface area contributed by atoms with Crippen LogP contribution in [-0.4, -0.2) is 58.5 Å². The molecule has 11 nitrogen and oxygen atoms in total. The number of likely N-dealkylation sites (N-methyl/N-ethyl adjacent to an activating group) is 1. The number of sulfonamides is 1. The lowest BCUT2D eigenvalue weighted by molar-refractivity contribution is -0.384. The lowest BCUT2D eigenvalue weighted by Gasteiger charge is -2.18. The van der Waals surface area contributed by atoms with Crippen molar-refractivity contribution in [2.75, 3.05) is 40.2 Å². The monoisotopic (exact) mass is 439 g/mol. The quantitative estimate of drug-likeness (QED) is 0.462. The Balaban J connectivity index is 2.21. The van der Waals surface area contributed by atoms with E-state index >= 15 is 0 Å². The standard InChI is InChI=1S/C18H21N3O8S/c1-20(30(25,26)13-6-8-16(28-3)17(10-13)29-4)11-18(22)19-14-9-12(21(23)24)5-7-15(14)27-2/h5-10H,11H2,1-4H3,(H,19,22). The van der Waals surface area contributed by atoms with Gasteiger partial charge in [0.2, 0.25) is 15.9 Å². The van der Waals surface area contributed by atoms with Gasteiger partial charge in [0.05, 0.1) is 43.4 Å². The number of amides is 1. The second-order valence-corrected chi connectivity index (χ2v) is 8.01. The van der Waals surface area contributed by atoms with Crippen LogP contribution in [0, 0.1) is 10.1 Å². The molecule has 2 aromatic rings. The Hall–Kier alpha value is -3.38. The second-order valence-electron chi connectivity index (χ2n) is 5.97. The number of benzene rings is 2. The van der Waals surface area contributed by atoms with Crippen LogP contribution in [0.5, 0.6) is 17.2 Å². The third kappa shape index (κ3) is 4.96. The molecule has 162 valence electrons. The van der Waals surface area contributed by atoms with E-state index in [2.05, 4.69) is 5.32 Å². The predicted octanol–water partition coefficient (Wildman–Crippen LogP) is 1.88. The molecule has 0 bridgehead atoms. The van der Waals surface area contributed by atoms with Crippen molar-refractivity contribution in [3.8, 4) is 17.2 Å². The lowest BCUT2D eigenvalue weighted by Crippen LogP contribution is -2.35. The first-order chi connectivity index (χ1) is 14.1. The van der Waals surface area contributed by atoms with E-state index in [1.807, 2.05) is 0 Å². The molecule has 0 aliphatic heterocycles. The summed E-state index contributed by atoms with van der Waals surface area (Å²) in [4.78, 5) is 22.6. The van der Waals surface area contributed by atoms with Gasteiger partial charge in [-0.3, -0.25) is 14.9 Å². The number of nitro groups is 1. The van der Waals surface area contributed by atoms with E-state index in [0.717, 1.165) is 10.4 Å². The van der Waals surface area contributed by atoms with Crippen molar-refractivity contribution in [3.63, 3.8) is 0 Å². The fourth-order valence-electron chi connectivity index (χ4n) is 2.54. The Morgan fingerprint density at radius 1 is 1.03 bits per heavy atom. The molecule has 0 atom stereocenters. The third-order valence-corrected chi connectivity index (χ3v) is 5.90. The second kappa shape index (κ2) is 9.41. The van der Waals surface area contributed by atoms with Crippen molar-refractivity contribution in [1.29, 1.82) is 0 Å². The molecule has 0 saturated heterocycles. The summed E-state index contributed by atoms with van der Waals surface area (Å²) in [7, 11) is 1.34. The zero-order valence-electron chi connectivity index (χ0n) is 16.7. The van der Waals surface area contributed by atoms with E-state index < -0.39 is 27.4 Å². The molecular formula is C18H21N3O8S. The number of carbonyl (C=O) groups is 1. The number of ether oxygens (including phenoxy) is 3. The van der Waals surface area contributed by atoms with Crippen LogP contribution < -0.4 is 19.5 Å². The number of nitrogens with zero attached hydrogens (tertiary/aromatic N) is 2. The highest BCUT2D eigenvalue weighted by molar-refractivity contribution is 7.89. The van der Waals surface area contributed by atoms with Gasteiger partial charge in [-0.25, -0.2) is 8.42 Å². The molecular weight excluding hydrogens is 418 g/mol. The molecule has 0 radical (unpaired) electrons. The van der Waals surface area contributed by atoms with Crippen LogP contribution in [0.2, 0.25) is 0 Å². The number of hydrogen-bond donors (Lipinski definition) is 1. The minimum atomic E-state index is -4.02. The van der Waals surface area contributed by atoms with Crippen molar-refractivity contribution in [2.24, 2.45) is 0 Å². The topological polar surface area (TPSA) is 137 Å². The zero-order chi connectivity index (χ0) is 22.5. The van der Waals surface area contributed by atoms with Gasteiger partial charge in [-0.15, -0.1) is 0 Å². The number of nitrogens with one attached hydrogen (secondary N) is 1. The molecule has 0 spiro atoms. The molecule has 2 rings (SSSR count). The number of nitro benzene ring substituents is 1. The van der Waals surface area contributed by atoms with Gasteiger partial charge in [-0.2, -0.15) is 4.31 Å². The predicted molar refractivity (Wildman–Crippen MR) is 108 cm³/mol. The molecule has 12 heteroatoms. The number of anilines is 1. The van der Waals surface area contributed by atoms with Gasteiger partial charge in [-0.1, -0.05) is 0 Å². The third-order valence-electron chi connectivity index (χ3n) is 4.10. The molecule has 0 saturated carbocycles. The molecule has 0 fully saturated rings. The fraction of sp³-hybridized carbons (Fsp3) is 0.278. The first kappa shape index (κ1) is 22.9. The lowest BCUT2D eigenvalue weighted by atomic mass is 10.2. The summed E-state index contributed by atoms with van der Waals surface area (Å²) in [5.41, 5.74) is -0.203. The molecule has 1 N–H and O–H groups in total. The van der Waals surface area contributed by atoms with Crippen LogP contribution in [0.1, 0.15) is 0 Å². The maximum absolute atomic E-state index is 12.8. The number of hydrogen-bond acceptors (Lipinski definition) is 8. The SMILES string of the molecule is COc1ccc([N+](=O)[O-])cc1NC(=O)CN(C)S(=O)(=O)c1ccc(OC)c(OC)c1. The molecule has 0 aliphatic rings. The molecule has 0 heterocycles. The summed E-state index contributed by atoms with van der Waals surface area (Å²) in [6.07, 6.45) is 0. The summed E-state index contributed by atoms with van der Waals surface area (Å²) >= 11 is 0. The maximum atomic E-state index is 12.8. The maximum Gasteiger partial charge on any atom is 0.271 e. The highest BCUT2D eigenvalue weighted by Crippen LogP contribution is 2.31. The molecule has 30 heavy (non-hydrogen) atoms. The van der Waals surface area contributed by atoms with E-state index in [-0.39, 0.29) is 27.8 Å². The van der Waals surface area contributed by atoms with E-state index in [0.29, 0.717) is 5.75 Å². The largest absolute Gasteiger partial charge is 0.495 e. The van der Waals surface area contributed by atoms with Crippen molar-refractivity contribution >= 4 is 27.3 Å². The number of rotatable bonds is 9. The average molecular weight is 439 g/mol. The van der Waals surface area contributed by atoms with Crippen molar-refractivity contribution in [3.05, 3.63) is 46.5 Å². The van der Waals surface area contributed by atoms with E-state index in [4.69, 9.17) is 14.2 Å². The van der Waals surface area contributed by atoms with E-state index in [1.165, 1.54) is 58.7 Å². The first-order valence-corrected chi connectivity index (χ1v) is 9.88. The van der Waals surface area contributed by atoms with Gasteiger partial charge in [0.15, 0.2) is 11.5 Å². The molecule has 2 aromatic carbocycles. The van der Waals surface area contributed by atoms with Gasteiger partial charge < -0.3 is 19.5 Å². The van der Waals surface area contributed by atoms with Crippen LogP contribution >= 0.6 is 0 Å². The van der Waals surface area contributed by atoms with E-state index in [1.54, 1.807) is 0 Å². The smallest absolute Gasteiger partial charge is 0.271 e. The van der Waals surface area contributed by atoms with Gasteiger partial charge >= 0.3 is 0 Å². The summed E-state index contributed by atoms with van der Waals surface area (Å²) < 4.78 is 41.7. The minimum absolute atomic E-state index is 0.0496. The van der Waals surface area contributed by atoms with Crippen LogP contribution in [-0.2, 0) is 14.8 Å². The Kier molecular flexibility index (Phi) is 7.19. The summed E-state index contributed by atoms with van der Waals surface area (Å²) in [5, 5.41) is 13.4. The number of non-ortho nitro benzene ring substituents is 1. The Morgan fingerprint density at radius 3 is 2.20 bits per heavy atom. The summed E-state index contributed by atoms with van der Waals surface area (Å²) in [6, 6.07) is 7.73. The average Bonchev–Trinajstić information content (AvgIpc) is 2.72. The number of carbonyl (C=O) groups excluding carboxylic acids is 1. The minimum Gasteiger partial charge on any atom is -0.495 e.